The molecule has 4 nitrogen and oxygen atoms in total. The Hall–Kier alpha value is -6.72. The van der Waals surface area contributed by atoms with Crippen LogP contribution in [0.4, 0.5) is 4.39 Å². The van der Waals surface area contributed by atoms with Crippen molar-refractivity contribution in [3.63, 3.8) is 0 Å². The summed E-state index contributed by atoms with van der Waals surface area (Å²) in [5.41, 5.74) is -0.942. The minimum absolute atomic E-state index is 0.0566. The highest BCUT2D eigenvalue weighted by Gasteiger charge is 2.22. The van der Waals surface area contributed by atoms with Gasteiger partial charge in [-0.15, -0.1) is 0 Å². The van der Waals surface area contributed by atoms with Gasteiger partial charge >= 0.3 is 0 Å². The predicted octanol–water partition coefficient (Wildman–Crippen LogP) is 15.8. The molecule has 332 valence electrons. The van der Waals surface area contributed by atoms with Gasteiger partial charge in [0.05, 0.1) is 19.8 Å². The number of halogens is 1. The van der Waals surface area contributed by atoms with E-state index in [1.54, 1.807) is 106 Å². The maximum atomic E-state index is 14.8. The zero-order valence-corrected chi connectivity index (χ0v) is 37.9. The molecule has 0 saturated carbocycles. The SMILES string of the molecule is [2H]c1cc2c(oc3c(-c4cc(C(C)(C)C)c(C([2H])([2H])C([2H])([2H])c5cc(C([2H])([2H])C([2H])([2H])c6cnc(-c7ccccc7)cc6C([2H])(C)C)cc(C([2H])([2H])C([2H])([2H])c6cnc(-c7ccccc7)cc6C([2H])(C)C)c5)cn4)cccc32)c([2H])c1F. The smallest absolute Gasteiger partial charge is 0.144 e. The first-order valence-electron chi connectivity index (χ1n) is 29.8. The lowest BCUT2D eigenvalue weighted by Crippen LogP contribution is -2.15. The highest BCUT2D eigenvalue weighted by atomic mass is 19.1. The summed E-state index contributed by atoms with van der Waals surface area (Å²) in [7, 11) is 0. The molecule has 0 unspecified atom stereocenters. The Balaban J connectivity index is 1.25. The van der Waals surface area contributed by atoms with E-state index in [2.05, 4.69) is 15.0 Å². The van der Waals surface area contributed by atoms with Crippen molar-refractivity contribution in [1.29, 1.82) is 0 Å². The van der Waals surface area contributed by atoms with Crippen LogP contribution in [0.15, 0.2) is 156 Å². The van der Waals surface area contributed by atoms with E-state index in [9.17, 15) is 20.8 Å². The van der Waals surface area contributed by atoms with Crippen LogP contribution < -0.4 is 0 Å². The van der Waals surface area contributed by atoms with Gasteiger partial charge in [-0.2, -0.15) is 0 Å². The molecule has 0 radical (unpaired) electrons. The monoisotopic (exact) mass is 886 g/mol. The van der Waals surface area contributed by atoms with Gasteiger partial charge in [0.2, 0.25) is 0 Å². The molecule has 9 aromatic rings. The fourth-order valence-electron chi connectivity index (χ4n) is 7.90. The fourth-order valence-corrected chi connectivity index (χ4v) is 7.90. The van der Waals surface area contributed by atoms with Gasteiger partial charge in [0.25, 0.3) is 0 Å². The molecule has 4 aromatic heterocycles. The van der Waals surface area contributed by atoms with E-state index in [0.717, 1.165) is 36.8 Å². The molecule has 5 aromatic carbocycles. The molecule has 0 aliphatic carbocycles. The highest BCUT2D eigenvalue weighted by molar-refractivity contribution is 6.09. The summed E-state index contributed by atoms with van der Waals surface area (Å²) in [5.74, 6) is -4.18. The Kier molecular flexibility index (Phi) is 8.36. The second-order valence-corrected chi connectivity index (χ2v) is 17.6. The van der Waals surface area contributed by atoms with Gasteiger partial charge in [-0.1, -0.05) is 139 Å². The number of aromatic nitrogens is 3. The molecule has 0 amide bonds. The molecule has 0 aliphatic rings. The van der Waals surface area contributed by atoms with Gasteiger partial charge in [-0.05, 0) is 142 Å². The van der Waals surface area contributed by atoms with Crippen molar-refractivity contribution in [3.05, 3.63) is 208 Å². The standard InChI is InChI=1S/C61H60FN3O/c1-39(2)53-33-56(44-15-10-8-11-16-44)63-36-46(53)24-21-41-29-42(22-25-47-37-64-57(34-54(47)40(3)4)45-17-12-9-13-18-45)31-43(30-41)23-26-48-38-65-58(35-55(48)61(5,6)7)52-20-14-19-51-50-28-27-49(62)32-59(50)66-60(51)52/h8-20,27-40H,21-26H2,1-7H3/i21D2,22D2,23D2,24D2,25D2,26D2,27D,32D,39D,40D. The molecule has 0 bridgehead atoms. The average Bonchev–Trinajstić information content (AvgIpc) is 1.34. The molecule has 4 heterocycles. The van der Waals surface area contributed by atoms with Gasteiger partial charge in [0.15, 0.2) is 0 Å². The molecular formula is C61H60FN3O. The lowest BCUT2D eigenvalue weighted by atomic mass is 9.82. The van der Waals surface area contributed by atoms with E-state index in [1.807, 2.05) is 0 Å². The van der Waals surface area contributed by atoms with Crippen LogP contribution in [0.25, 0.3) is 55.7 Å². The van der Waals surface area contributed by atoms with Crippen molar-refractivity contribution in [2.75, 3.05) is 0 Å². The van der Waals surface area contributed by atoms with Crippen LogP contribution in [0.5, 0.6) is 0 Å². The summed E-state index contributed by atoms with van der Waals surface area (Å²) >= 11 is 0. The summed E-state index contributed by atoms with van der Waals surface area (Å²) in [5, 5.41) is 0.771. The summed E-state index contributed by atoms with van der Waals surface area (Å²) in [6.45, 7) is 11.3. The first-order chi connectivity index (χ1) is 37.8. The van der Waals surface area contributed by atoms with E-state index >= 15 is 0 Å². The number of fused-ring (bicyclic) bond motifs is 3. The minimum Gasteiger partial charge on any atom is -0.455 e. The van der Waals surface area contributed by atoms with Crippen molar-refractivity contribution < 1.29 is 30.7 Å². The van der Waals surface area contributed by atoms with Crippen LogP contribution in [-0.4, -0.2) is 15.0 Å². The molecule has 0 N–H and O–H groups in total. The third-order valence-corrected chi connectivity index (χ3v) is 11.3. The molecule has 66 heavy (non-hydrogen) atoms. The average molecular weight is 886 g/mol. The summed E-state index contributed by atoms with van der Waals surface area (Å²) in [6.07, 6.45) is -15.9. The van der Waals surface area contributed by atoms with Gasteiger partial charge < -0.3 is 4.42 Å². The van der Waals surface area contributed by atoms with Crippen LogP contribution in [0.1, 0.15) is 132 Å². The Morgan fingerprint density at radius 3 is 1.59 bits per heavy atom. The largest absolute Gasteiger partial charge is 0.455 e. The van der Waals surface area contributed by atoms with Crippen molar-refractivity contribution >= 4 is 21.9 Å². The number of hydrogen-bond acceptors (Lipinski definition) is 4. The summed E-state index contributed by atoms with van der Waals surface area (Å²) in [6, 6.07) is 30.3. The van der Waals surface area contributed by atoms with Crippen molar-refractivity contribution in [3.8, 4) is 33.8 Å². The summed E-state index contributed by atoms with van der Waals surface area (Å²) in [4.78, 5) is 13.7. The van der Waals surface area contributed by atoms with E-state index in [-0.39, 0.29) is 50.2 Å². The van der Waals surface area contributed by atoms with Gasteiger partial charge in [0.1, 0.15) is 17.0 Å². The van der Waals surface area contributed by atoms with Gasteiger partial charge in [-0.25, -0.2) is 4.39 Å². The molecule has 0 spiro atoms. The first-order valence-corrected chi connectivity index (χ1v) is 21.8. The van der Waals surface area contributed by atoms with Crippen LogP contribution in [0.2, 0.25) is 0 Å². The quantitative estimate of drug-likeness (QED) is 0.109. The Labute approximate surface area is 412 Å². The number of para-hydroxylation sites is 1. The molecule has 0 atom stereocenters. The van der Waals surface area contributed by atoms with Crippen LogP contribution in [0, 0.1) is 5.82 Å². The highest BCUT2D eigenvalue weighted by Crippen LogP contribution is 2.38. The van der Waals surface area contributed by atoms with Crippen molar-refractivity contribution in [2.45, 2.75) is 104 Å². The second-order valence-electron chi connectivity index (χ2n) is 17.6. The first kappa shape index (κ1) is 29.0. The number of rotatable bonds is 14. The predicted molar refractivity (Wildman–Crippen MR) is 272 cm³/mol. The number of furan rings is 1. The number of nitrogens with zero attached hydrogens (tertiary/aromatic N) is 3. The lowest BCUT2D eigenvalue weighted by molar-refractivity contribution is 0.580. The third kappa shape index (κ3) is 9.77. The zero-order valence-electron chi connectivity index (χ0n) is 53.9. The van der Waals surface area contributed by atoms with Gasteiger partial charge in [-0.3, -0.25) is 15.0 Å². The summed E-state index contributed by atoms with van der Waals surface area (Å²) < 4.78 is 173. The second kappa shape index (κ2) is 19.0. The minimum atomic E-state index is -3.30. The van der Waals surface area contributed by atoms with E-state index in [4.69, 9.17) is 9.90 Å². The molecule has 0 aliphatic heterocycles. The number of hydrogen-bond donors (Lipinski definition) is 0. The topological polar surface area (TPSA) is 51.8 Å². The molecular weight excluding hydrogens is 810 g/mol. The van der Waals surface area contributed by atoms with E-state index in [0.29, 0.717) is 38.9 Å². The van der Waals surface area contributed by atoms with Gasteiger partial charge in [0, 0.05) is 71.3 Å². The number of aryl methyl sites for hydroxylation is 6. The Morgan fingerprint density at radius 2 is 1.08 bits per heavy atom. The zero-order chi connectivity index (χ0) is 60.3. The van der Waals surface area contributed by atoms with Crippen molar-refractivity contribution in [1.82, 2.24) is 15.0 Å². The number of benzene rings is 5. The Bertz CT molecular complexity index is 3800. The van der Waals surface area contributed by atoms with Crippen molar-refractivity contribution in [2.24, 2.45) is 0 Å². The van der Waals surface area contributed by atoms with E-state index in [1.165, 1.54) is 45.9 Å². The Morgan fingerprint density at radius 1 is 0.576 bits per heavy atom. The molecule has 9 rings (SSSR count). The lowest BCUT2D eigenvalue weighted by Gasteiger charge is -2.24. The van der Waals surface area contributed by atoms with Crippen LogP contribution in [0.3, 0.4) is 0 Å². The fraction of sp³-hybridized carbons (Fsp3) is 0.262. The maximum absolute atomic E-state index is 14.8. The van der Waals surface area contributed by atoms with Crippen LogP contribution in [-0.2, 0) is 43.7 Å². The molecule has 5 heteroatoms. The van der Waals surface area contributed by atoms with Crippen LogP contribution >= 0.6 is 0 Å². The normalized spacial score (nSPS) is 17.2. The molecule has 0 saturated heterocycles. The maximum Gasteiger partial charge on any atom is 0.144 e. The third-order valence-electron chi connectivity index (χ3n) is 11.3. The van der Waals surface area contributed by atoms with E-state index < -0.39 is 90.0 Å². The molecule has 0 fully saturated rings. The number of pyridine rings is 3.